The minimum atomic E-state index is -1.10. The molecule has 0 unspecified atom stereocenters. The van der Waals surface area contributed by atoms with E-state index in [-0.39, 0.29) is 43.4 Å². The molecule has 0 spiro atoms. The van der Waals surface area contributed by atoms with Gasteiger partial charge in [0.2, 0.25) is 17.7 Å². The fourth-order valence-electron chi connectivity index (χ4n) is 5.06. The Balaban J connectivity index is 1.69. The van der Waals surface area contributed by atoms with Crippen molar-refractivity contribution >= 4 is 17.7 Å². The van der Waals surface area contributed by atoms with Crippen LogP contribution >= 0.6 is 0 Å². The smallest absolute Gasteiger partial charge is 0.246 e. The highest BCUT2D eigenvalue weighted by molar-refractivity contribution is 5.97. The van der Waals surface area contributed by atoms with Crippen molar-refractivity contribution in [3.8, 4) is 0 Å². The van der Waals surface area contributed by atoms with Crippen molar-refractivity contribution in [3.05, 3.63) is 70.8 Å². The lowest BCUT2D eigenvalue weighted by Crippen LogP contribution is -2.61. The minimum absolute atomic E-state index is 0.0384. The van der Waals surface area contributed by atoms with Crippen LogP contribution in [-0.2, 0) is 33.8 Å². The Kier molecular flexibility index (Phi) is 11.6. The van der Waals surface area contributed by atoms with Gasteiger partial charge in [-0.3, -0.25) is 14.4 Å². The van der Waals surface area contributed by atoms with Crippen LogP contribution in [0.25, 0.3) is 0 Å². The topological polar surface area (TPSA) is 102 Å². The molecule has 1 aliphatic heterocycles. The first-order valence-corrected chi connectivity index (χ1v) is 13.9. The van der Waals surface area contributed by atoms with E-state index in [2.05, 4.69) is 23.6 Å². The van der Waals surface area contributed by atoms with Crippen LogP contribution in [0, 0.1) is 11.6 Å². The van der Waals surface area contributed by atoms with Crippen LogP contribution in [0.1, 0.15) is 50.3 Å². The number of nitrogens with zero attached hydrogens (tertiary/aromatic N) is 2. The van der Waals surface area contributed by atoms with E-state index in [1.54, 1.807) is 4.90 Å². The van der Waals surface area contributed by atoms with Crippen LogP contribution in [0.4, 0.5) is 8.78 Å². The number of aliphatic hydroxyl groups is 1. The molecule has 1 heterocycles. The number of carbonyl (C=O) groups is 3. The molecular weight excluding hydrogens is 518 g/mol. The van der Waals surface area contributed by atoms with Crippen LogP contribution in [0.2, 0.25) is 0 Å². The van der Waals surface area contributed by atoms with E-state index in [1.807, 2.05) is 32.0 Å². The summed E-state index contributed by atoms with van der Waals surface area (Å²) in [6, 6.07) is 9.56. The van der Waals surface area contributed by atoms with E-state index in [0.717, 1.165) is 30.2 Å². The maximum absolute atomic E-state index is 13.9. The minimum Gasteiger partial charge on any atom is -0.390 e. The quantitative estimate of drug-likeness (QED) is 0.331. The molecular formula is C30H40F2N4O4. The average Bonchev–Trinajstić information content (AvgIpc) is 2.91. The van der Waals surface area contributed by atoms with Crippen molar-refractivity contribution in [2.24, 2.45) is 0 Å². The van der Waals surface area contributed by atoms with Gasteiger partial charge in [-0.05, 0) is 54.5 Å². The molecule has 0 radical (unpaired) electrons. The van der Waals surface area contributed by atoms with Crippen LogP contribution < -0.4 is 10.6 Å². The molecule has 8 nitrogen and oxygen atoms in total. The van der Waals surface area contributed by atoms with Gasteiger partial charge in [-0.1, -0.05) is 45.0 Å². The molecule has 3 rings (SSSR count). The predicted octanol–water partition coefficient (Wildman–Crippen LogP) is 2.56. The molecule has 10 heteroatoms. The second kappa shape index (κ2) is 14.9. The third kappa shape index (κ3) is 8.56. The van der Waals surface area contributed by atoms with E-state index in [0.29, 0.717) is 25.9 Å². The number of rotatable bonds is 14. The Morgan fingerprint density at radius 3 is 2.40 bits per heavy atom. The van der Waals surface area contributed by atoms with E-state index >= 15 is 0 Å². The first-order valence-electron chi connectivity index (χ1n) is 13.9. The zero-order chi connectivity index (χ0) is 29.2. The third-order valence-corrected chi connectivity index (χ3v) is 7.08. The number of halogens is 2. The fraction of sp³-hybridized carbons (Fsp3) is 0.500. The third-order valence-electron chi connectivity index (χ3n) is 7.08. The first kappa shape index (κ1) is 31.2. The zero-order valence-corrected chi connectivity index (χ0v) is 23.5. The molecule has 0 aliphatic carbocycles. The van der Waals surface area contributed by atoms with Gasteiger partial charge >= 0.3 is 0 Å². The van der Waals surface area contributed by atoms with E-state index in [4.69, 9.17) is 0 Å². The van der Waals surface area contributed by atoms with Crippen LogP contribution in [-0.4, -0.2) is 77.0 Å². The Hall–Kier alpha value is -3.37. The molecule has 1 fully saturated rings. The molecule has 2 aromatic rings. The van der Waals surface area contributed by atoms with Crippen LogP contribution in [0.5, 0.6) is 0 Å². The summed E-state index contributed by atoms with van der Waals surface area (Å²) in [7, 11) is 0. The fourth-order valence-corrected chi connectivity index (χ4v) is 5.06. The molecule has 3 N–H and O–H groups in total. The summed E-state index contributed by atoms with van der Waals surface area (Å²) >= 11 is 0. The molecule has 1 saturated heterocycles. The Morgan fingerprint density at radius 1 is 1.05 bits per heavy atom. The van der Waals surface area contributed by atoms with Gasteiger partial charge in [-0.25, -0.2) is 8.78 Å². The number of benzene rings is 2. The maximum Gasteiger partial charge on any atom is 0.246 e. The number of piperazine rings is 1. The molecule has 0 aromatic heterocycles. The van der Waals surface area contributed by atoms with Gasteiger partial charge in [0.1, 0.15) is 30.8 Å². The van der Waals surface area contributed by atoms with Crippen molar-refractivity contribution in [1.82, 2.24) is 20.4 Å². The Labute approximate surface area is 234 Å². The van der Waals surface area contributed by atoms with Gasteiger partial charge in [0.05, 0.1) is 12.1 Å². The average molecular weight is 559 g/mol. The Bertz CT molecular complexity index is 1160. The first-order chi connectivity index (χ1) is 19.1. The number of aryl methyl sites for hydroxylation is 1. The highest BCUT2D eigenvalue weighted by atomic mass is 19.1. The van der Waals surface area contributed by atoms with E-state index < -0.39 is 35.7 Å². The predicted molar refractivity (Wildman–Crippen MR) is 148 cm³/mol. The SMILES string of the molecule is CCCN1C(=O)CN(CC(=O)N[C@@H](Cc2cc(F)cc(F)c2)[C@@H](O)CNCc2cccc(CC)c2)C(=O)[C@@H]1CC. The standard InChI is InChI=1S/C30H40F2N4O4/c1-4-10-36-26(6-3)30(40)35(19-29(36)39)18-28(38)34-25(14-22-12-23(31)15-24(32)13-22)27(37)17-33-16-21-9-7-8-20(5-2)11-21/h7-9,11-13,15,25-27,33,37H,4-6,10,14,16-19H2,1-3H3,(H,34,38)/t25-,26-,27-/m0/s1. The van der Waals surface area contributed by atoms with Crippen LogP contribution in [0.3, 0.4) is 0 Å². The lowest BCUT2D eigenvalue weighted by molar-refractivity contribution is -0.157. The van der Waals surface area contributed by atoms with Gasteiger partial charge in [0.25, 0.3) is 0 Å². The number of carbonyl (C=O) groups excluding carboxylic acids is 3. The van der Waals surface area contributed by atoms with Gasteiger partial charge in [0, 0.05) is 25.7 Å². The van der Waals surface area contributed by atoms with Crippen molar-refractivity contribution in [2.45, 2.75) is 71.2 Å². The van der Waals surface area contributed by atoms with Crippen molar-refractivity contribution in [2.75, 3.05) is 26.2 Å². The number of aliphatic hydroxyl groups excluding tert-OH is 1. The molecule has 0 saturated carbocycles. The van der Waals surface area contributed by atoms with Gasteiger partial charge < -0.3 is 25.5 Å². The van der Waals surface area contributed by atoms with E-state index in [9.17, 15) is 28.3 Å². The highest BCUT2D eigenvalue weighted by Gasteiger charge is 2.38. The number of hydrogen-bond donors (Lipinski definition) is 3. The van der Waals surface area contributed by atoms with E-state index in [1.165, 1.54) is 10.5 Å². The summed E-state index contributed by atoms with van der Waals surface area (Å²) < 4.78 is 27.7. The molecule has 218 valence electrons. The number of nitrogens with one attached hydrogen (secondary N) is 2. The van der Waals surface area contributed by atoms with Crippen molar-refractivity contribution in [1.29, 1.82) is 0 Å². The second-order valence-corrected chi connectivity index (χ2v) is 10.2. The molecule has 40 heavy (non-hydrogen) atoms. The molecule has 2 aromatic carbocycles. The normalized spacial score (nSPS) is 17.2. The lowest BCUT2D eigenvalue weighted by Gasteiger charge is -2.39. The molecule has 3 amide bonds. The van der Waals surface area contributed by atoms with Gasteiger partial charge in [-0.2, -0.15) is 0 Å². The lowest BCUT2D eigenvalue weighted by atomic mass is 10.00. The largest absolute Gasteiger partial charge is 0.390 e. The van der Waals surface area contributed by atoms with Crippen molar-refractivity contribution in [3.63, 3.8) is 0 Å². The summed E-state index contributed by atoms with van der Waals surface area (Å²) in [5, 5.41) is 16.9. The molecule has 1 aliphatic rings. The van der Waals surface area contributed by atoms with Gasteiger partial charge in [0.15, 0.2) is 0 Å². The molecule has 0 bridgehead atoms. The summed E-state index contributed by atoms with van der Waals surface area (Å²) in [5.41, 5.74) is 2.49. The summed E-state index contributed by atoms with van der Waals surface area (Å²) in [4.78, 5) is 41.6. The summed E-state index contributed by atoms with van der Waals surface area (Å²) in [5.74, 6) is -2.61. The second-order valence-electron chi connectivity index (χ2n) is 10.2. The number of amides is 3. The van der Waals surface area contributed by atoms with Gasteiger partial charge in [-0.15, -0.1) is 0 Å². The van der Waals surface area contributed by atoms with Crippen LogP contribution in [0.15, 0.2) is 42.5 Å². The summed E-state index contributed by atoms with van der Waals surface area (Å²) in [6.45, 7) is 6.30. The maximum atomic E-state index is 13.9. The van der Waals surface area contributed by atoms with Crippen molar-refractivity contribution < 1.29 is 28.3 Å². The Morgan fingerprint density at radius 2 is 1.75 bits per heavy atom. The number of hydrogen-bond acceptors (Lipinski definition) is 5. The monoisotopic (exact) mass is 558 g/mol. The highest BCUT2D eigenvalue weighted by Crippen LogP contribution is 2.17. The summed E-state index contributed by atoms with van der Waals surface area (Å²) in [6.07, 6.45) is 0.904. The molecule has 3 atom stereocenters. The zero-order valence-electron chi connectivity index (χ0n) is 23.5.